The number of hydrogen-bond donors (Lipinski definition) is 2. The number of anilines is 1. The number of thioether (sulfide) groups is 1. The highest BCUT2D eigenvalue weighted by atomic mass is 32.2. The molecule has 5 nitrogen and oxygen atoms in total. The molecule has 0 aliphatic carbocycles. The van der Waals surface area contributed by atoms with Gasteiger partial charge in [-0.1, -0.05) is 29.5 Å². The molecule has 21 heavy (non-hydrogen) atoms. The lowest BCUT2D eigenvalue weighted by molar-refractivity contribution is 0.602. The Kier molecular flexibility index (Phi) is 4.92. The number of hydrogen-bond acceptors (Lipinski definition) is 5. The third-order valence-electron chi connectivity index (χ3n) is 2.51. The van der Waals surface area contributed by atoms with Crippen LogP contribution in [0.5, 0.6) is 0 Å². The average Bonchev–Trinajstić information content (AvgIpc) is 2.77. The number of aromatic nitrogens is 1. The van der Waals surface area contributed by atoms with Crippen molar-refractivity contribution in [1.82, 2.24) is 4.98 Å². The number of thiazole rings is 1. The maximum atomic E-state index is 12.4. The quantitative estimate of drug-likeness (QED) is 0.625. The zero-order valence-corrected chi connectivity index (χ0v) is 13.7. The van der Waals surface area contributed by atoms with Gasteiger partial charge in [0.25, 0.3) is 10.0 Å². The summed E-state index contributed by atoms with van der Waals surface area (Å²) in [6.45, 7) is 5.21. The second-order valence-corrected chi connectivity index (χ2v) is 8.05. The zero-order valence-electron chi connectivity index (χ0n) is 11.3. The van der Waals surface area contributed by atoms with Crippen LogP contribution in [0.2, 0.25) is 0 Å². The molecule has 0 bridgehead atoms. The molecule has 0 atom stereocenters. The summed E-state index contributed by atoms with van der Waals surface area (Å²) in [6.07, 6.45) is 1.75. The van der Waals surface area contributed by atoms with E-state index in [-0.39, 0.29) is 9.08 Å². The fraction of sp³-hybridized carbons (Fsp3) is 0.154. The fourth-order valence-electron chi connectivity index (χ4n) is 1.66. The minimum Gasteiger partial charge on any atom is -0.315 e. The average molecular weight is 342 g/mol. The van der Waals surface area contributed by atoms with Crippen LogP contribution in [-0.4, -0.2) is 19.2 Å². The van der Waals surface area contributed by atoms with E-state index in [0.29, 0.717) is 28.5 Å². The van der Waals surface area contributed by atoms with Crippen molar-refractivity contribution < 1.29 is 8.42 Å². The van der Waals surface area contributed by atoms with Crippen molar-refractivity contribution in [3.63, 3.8) is 0 Å². The topological polar surface area (TPSA) is 79.0 Å². The zero-order chi connectivity index (χ0) is 15.5. The maximum absolute atomic E-state index is 12.4. The van der Waals surface area contributed by atoms with Crippen molar-refractivity contribution in [3.05, 3.63) is 52.3 Å². The SMILES string of the molecule is C=CCSc1ccccc1NS(=O)(=O)c1sc(=O)[nH]c1C. The highest BCUT2D eigenvalue weighted by Gasteiger charge is 2.21. The third kappa shape index (κ3) is 3.78. The molecular weight excluding hydrogens is 328 g/mol. The Labute approximate surface area is 131 Å². The highest BCUT2D eigenvalue weighted by molar-refractivity contribution is 7.99. The Balaban J connectivity index is 2.35. The third-order valence-corrected chi connectivity index (χ3v) is 6.55. The first-order valence-electron chi connectivity index (χ1n) is 5.99. The molecule has 2 N–H and O–H groups in total. The number of rotatable bonds is 6. The van der Waals surface area contributed by atoms with Crippen LogP contribution >= 0.6 is 23.1 Å². The van der Waals surface area contributed by atoms with E-state index < -0.39 is 10.0 Å². The first kappa shape index (κ1) is 15.9. The van der Waals surface area contributed by atoms with Crippen LogP contribution in [0.4, 0.5) is 5.69 Å². The molecule has 1 aromatic heterocycles. The van der Waals surface area contributed by atoms with Gasteiger partial charge in [-0.3, -0.25) is 9.52 Å². The molecule has 0 spiro atoms. The van der Waals surface area contributed by atoms with Crippen LogP contribution in [0.15, 0.2) is 50.8 Å². The van der Waals surface area contributed by atoms with Crippen molar-refractivity contribution in [2.24, 2.45) is 0 Å². The van der Waals surface area contributed by atoms with Gasteiger partial charge < -0.3 is 4.98 Å². The summed E-state index contributed by atoms with van der Waals surface area (Å²) < 4.78 is 27.3. The monoisotopic (exact) mass is 342 g/mol. The minimum atomic E-state index is -3.77. The fourth-order valence-corrected chi connectivity index (χ4v) is 4.86. The van der Waals surface area contributed by atoms with Gasteiger partial charge in [-0.15, -0.1) is 18.3 Å². The summed E-state index contributed by atoms with van der Waals surface area (Å²) in [7, 11) is -3.77. The van der Waals surface area contributed by atoms with Crippen LogP contribution < -0.4 is 9.60 Å². The summed E-state index contributed by atoms with van der Waals surface area (Å²) in [4.78, 5) is 14.2. The van der Waals surface area contributed by atoms with E-state index in [2.05, 4.69) is 16.3 Å². The second kappa shape index (κ2) is 6.50. The summed E-state index contributed by atoms with van der Waals surface area (Å²) in [6, 6.07) is 7.11. The molecule has 1 heterocycles. The molecule has 0 fully saturated rings. The lowest BCUT2D eigenvalue weighted by Crippen LogP contribution is -2.13. The summed E-state index contributed by atoms with van der Waals surface area (Å²) in [5.74, 6) is 0.676. The number of para-hydroxylation sites is 1. The van der Waals surface area contributed by atoms with Crippen molar-refractivity contribution in [2.75, 3.05) is 10.5 Å². The van der Waals surface area contributed by atoms with Crippen molar-refractivity contribution in [1.29, 1.82) is 0 Å². The van der Waals surface area contributed by atoms with Crippen molar-refractivity contribution >= 4 is 38.8 Å². The van der Waals surface area contributed by atoms with E-state index in [9.17, 15) is 13.2 Å². The van der Waals surface area contributed by atoms with Gasteiger partial charge in [0.1, 0.15) is 0 Å². The van der Waals surface area contributed by atoms with E-state index in [1.165, 1.54) is 11.8 Å². The molecule has 8 heteroatoms. The van der Waals surface area contributed by atoms with Crippen LogP contribution in [0, 0.1) is 6.92 Å². The smallest absolute Gasteiger partial charge is 0.306 e. The Morgan fingerprint density at radius 1 is 1.43 bits per heavy atom. The Hall–Kier alpha value is -1.51. The first-order valence-corrected chi connectivity index (χ1v) is 9.28. The summed E-state index contributed by atoms with van der Waals surface area (Å²) >= 11 is 2.16. The van der Waals surface area contributed by atoms with Crippen LogP contribution in [0.25, 0.3) is 0 Å². The molecule has 0 radical (unpaired) electrons. The van der Waals surface area contributed by atoms with Gasteiger partial charge in [0.2, 0.25) is 0 Å². The molecular formula is C13H14N2O3S3. The van der Waals surface area contributed by atoms with Gasteiger partial charge in [-0.05, 0) is 19.1 Å². The molecule has 2 aromatic rings. The Morgan fingerprint density at radius 3 is 2.76 bits per heavy atom. The molecule has 0 saturated carbocycles. The van der Waals surface area contributed by atoms with E-state index in [0.717, 1.165) is 4.90 Å². The molecule has 1 aromatic carbocycles. The number of aromatic amines is 1. The van der Waals surface area contributed by atoms with Gasteiger partial charge in [-0.25, -0.2) is 8.42 Å². The predicted molar refractivity (Wildman–Crippen MR) is 87.8 cm³/mol. The second-order valence-electron chi connectivity index (χ2n) is 4.13. The van der Waals surface area contributed by atoms with Gasteiger partial charge in [-0.2, -0.15) is 0 Å². The Morgan fingerprint density at radius 2 is 2.14 bits per heavy atom. The molecule has 0 saturated heterocycles. The number of sulfonamides is 1. The largest absolute Gasteiger partial charge is 0.315 e. The predicted octanol–water partition coefficient (Wildman–Crippen LogP) is 2.82. The molecule has 112 valence electrons. The number of H-pyrrole nitrogens is 1. The standard InChI is InChI=1S/C13H14N2O3S3/c1-3-8-19-11-7-5-4-6-10(11)15-21(17,18)12-9(2)14-13(16)20-12/h3-7,15H,1,8H2,2H3,(H,14,16). The van der Waals surface area contributed by atoms with Gasteiger partial charge in [0.15, 0.2) is 4.21 Å². The molecule has 0 amide bonds. The van der Waals surface area contributed by atoms with E-state index >= 15 is 0 Å². The Bertz CT molecular complexity index is 806. The normalized spacial score (nSPS) is 11.3. The van der Waals surface area contributed by atoms with E-state index in [1.807, 2.05) is 12.1 Å². The van der Waals surface area contributed by atoms with Crippen LogP contribution in [-0.2, 0) is 10.0 Å². The molecule has 0 aliphatic heterocycles. The van der Waals surface area contributed by atoms with Crippen LogP contribution in [0.1, 0.15) is 5.69 Å². The molecule has 2 rings (SSSR count). The number of nitrogens with one attached hydrogen (secondary N) is 2. The number of benzene rings is 1. The van der Waals surface area contributed by atoms with E-state index in [1.54, 1.807) is 25.1 Å². The molecule has 0 unspecified atom stereocenters. The first-order chi connectivity index (χ1) is 9.94. The highest BCUT2D eigenvalue weighted by Crippen LogP contribution is 2.29. The van der Waals surface area contributed by atoms with E-state index in [4.69, 9.17) is 0 Å². The lowest BCUT2D eigenvalue weighted by atomic mass is 10.3. The summed E-state index contributed by atoms with van der Waals surface area (Å²) in [5, 5.41) is 0. The van der Waals surface area contributed by atoms with Gasteiger partial charge in [0, 0.05) is 16.3 Å². The molecule has 0 aliphatic rings. The lowest BCUT2D eigenvalue weighted by Gasteiger charge is -2.11. The maximum Gasteiger partial charge on any atom is 0.306 e. The number of aryl methyl sites for hydroxylation is 1. The van der Waals surface area contributed by atoms with Crippen molar-refractivity contribution in [3.8, 4) is 0 Å². The van der Waals surface area contributed by atoms with Crippen molar-refractivity contribution in [2.45, 2.75) is 16.0 Å². The van der Waals surface area contributed by atoms with Crippen LogP contribution in [0.3, 0.4) is 0 Å². The summed E-state index contributed by atoms with van der Waals surface area (Å²) in [5.41, 5.74) is 0.832. The minimum absolute atomic E-state index is 0.0102. The van der Waals surface area contributed by atoms with Gasteiger partial charge in [0.05, 0.1) is 5.69 Å². The van der Waals surface area contributed by atoms with Gasteiger partial charge >= 0.3 is 4.87 Å².